The SMILES string of the molecule is CC(C)(C)OC(=O)NC(=O)C1CCCNC1. The fraction of sp³-hybridized carbons (Fsp3) is 0.818. The van der Waals surface area contributed by atoms with Crippen molar-refractivity contribution in [3.63, 3.8) is 0 Å². The highest BCUT2D eigenvalue weighted by Gasteiger charge is 2.24. The average Bonchev–Trinajstić information content (AvgIpc) is 2.16. The van der Waals surface area contributed by atoms with Crippen LogP contribution in [0.3, 0.4) is 0 Å². The van der Waals surface area contributed by atoms with Gasteiger partial charge in [-0.15, -0.1) is 0 Å². The van der Waals surface area contributed by atoms with Gasteiger partial charge in [0, 0.05) is 6.54 Å². The van der Waals surface area contributed by atoms with Crippen LogP contribution in [0.25, 0.3) is 0 Å². The monoisotopic (exact) mass is 228 g/mol. The Hall–Kier alpha value is -1.10. The molecule has 0 saturated carbocycles. The van der Waals surface area contributed by atoms with Gasteiger partial charge in [0.1, 0.15) is 5.60 Å². The summed E-state index contributed by atoms with van der Waals surface area (Å²) in [6, 6.07) is 0. The summed E-state index contributed by atoms with van der Waals surface area (Å²) in [7, 11) is 0. The molecule has 0 aromatic rings. The van der Waals surface area contributed by atoms with E-state index >= 15 is 0 Å². The van der Waals surface area contributed by atoms with E-state index in [0.29, 0.717) is 6.54 Å². The highest BCUT2D eigenvalue weighted by atomic mass is 16.6. The number of carbonyl (C=O) groups excluding carboxylic acids is 2. The Morgan fingerprint density at radius 3 is 2.56 bits per heavy atom. The van der Waals surface area contributed by atoms with Crippen molar-refractivity contribution >= 4 is 12.0 Å². The van der Waals surface area contributed by atoms with Crippen LogP contribution in [-0.2, 0) is 9.53 Å². The van der Waals surface area contributed by atoms with E-state index in [9.17, 15) is 9.59 Å². The van der Waals surface area contributed by atoms with Crippen LogP contribution in [0, 0.1) is 5.92 Å². The van der Waals surface area contributed by atoms with Crippen LogP contribution >= 0.6 is 0 Å². The van der Waals surface area contributed by atoms with Gasteiger partial charge in [0.25, 0.3) is 0 Å². The molecule has 0 spiro atoms. The number of hydrogen-bond donors (Lipinski definition) is 2. The van der Waals surface area contributed by atoms with Crippen molar-refractivity contribution in [2.45, 2.75) is 39.2 Å². The summed E-state index contributed by atoms with van der Waals surface area (Å²) in [6.45, 7) is 6.86. The summed E-state index contributed by atoms with van der Waals surface area (Å²) in [4.78, 5) is 23.0. The number of hydrogen-bond acceptors (Lipinski definition) is 4. The van der Waals surface area contributed by atoms with Crippen molar-refractivity contribution in [2.75, 3.05) is 13.1 Å². The normalized spacial score (nSPS) is 21.3. The minimum absolute atomic E-state index is 0.124. The van der Waals surface area contributed by atoms with E-state index < -0.39 is 11.7 Å². The Morgan fingerprint density at radius 2 is 2.06 bits per heavy atom. The number of nitrogens with one attached hydrogen (secondary N) is 2. The van der Waals surface area contributed by atoms with Crippen LogP contribution in [0.4, 0.5) is 4.79 Å². The summed E-state index contributed by atoms with van der Waals surface area (Å²) >= 11 is 0. The Labute approximate surface area is 95.9 Å². The predicted molar refractivity (Wildman–Crippen MR) is 60.0 cm³/mol. The van der Waals surface area contributed by atoms with Gasteiger partial charge < -0.3 is 10.1 Å². The second-order valence-electron chi connectivity index (χ2n) is 5.03. The third-order valence-electron chi connectivity index (χ3n) is 2.29. The molecule has 1 aliphatic rings. The molecule has 2 amide bonds. The fourth-order valence-corrected chi connectivity index (χ4v) is 1.58. The highest BCUT2D eigenvalue weighted by molar-refractivity contribution is 5.93. The number of piperidine rings is 1. The molecule has 1 rings (SSSR count). The lowest BCUT2D eigenvalue weighted by molar-refractivity contribution is -0.125. The molecule has 5 nitrogen and oxygen atoms in total. The van der Waals surface area contributed by atoms with Crippen LogP contribution in [0.5, 0.6) is 0 Å². The second kappa shape index (κ2) is 5.30. The molecule has 5 heteroatoms. The quantitative estimate of drug-likeness (QED) is 0.703. The molecule has 1 saturated heterocycles. The Balaban J connectivity index is 2.35. The minimum atomic E-state index is -0.664. The molecule has 0 aromatic carbocycles. The maximum atomic E-state index is 11.6. The first-order chi connectivity index (χ1) is 7.38. The molecule has 1 heterocycles. The van der Waals surface area contributed by atoms with Crippen LogP contribution in [-0.4, -0.2) is 30.7 Å². The summed E-state index contributed by atoms with van der Waals surface area (Å²) < 4.78 is 5.01. The van der Waals surface area contributed by atoms with E-state index in [1.165, 1.54) is 0 Å². The molecule has 16 heavy (non-hydrogen) atoms. The van der Waals surface area contributed by atoms with E-state index in [1.54, 1.807) is 20.8 Å². The lowest BCUT2D eigenvalue weighted by Gasteiger charge is -2.23. The number of alkyl carbamates (subject to hydrolysis) is 1. The molecular formula is C11H20N2O3. The third-order valence-corrected chi connectivity index (χ3v) is 2.29. The van der Waals surface area contributed by atoms with E-state index in [-0.39, 0.29) is 11.8 Å². The van der Waals surface area contributed by atoms with Gasteiger partial charge in [0.15, 0.2) is 0 Å². The van der Waals surface area contributed by atoms with E-state index in [1.807, 2.05) is 0 Å². The average molecular weight is 228 g/mol. The maximum absolute atomic E-state index is 11.6. The molecule has 0 bridgehead atoms. The maximum Gasteiger partial charge on any atom is 0.414 e. The minimum Gasteiger partial charge on any atom is -0.444 e. The lowest BCUT2D eigenvalue weighted by atomic mass is 9.99. The van der Waals surface area contributed by atoms with Gasteiger partial charge in [-0.3, -0.25) is 10.1 Å². The van der Waals surface area contributed by atoms with Crippen molar-refractivity contribution < 1.29 is 14.3 Å². The third kappa shape index (κ3) is 4.61. The van der Waals surface area contributed by atoms with E-state index in [2.05, 4.69) is 10.6 Å². The van der Waals surface area contributed by atoms with Gasteiger partial charge >= 0.3 is 6.09 Å². The molecule has 1 aliphatic heterocycles. The molecule has 1 unspecified atom stereocenters. The van der Waals surface area contributed by atoms with Crippen LogP contribution < -0.4 is 10.6 Å². The zero-order chi connectivity index (χ0) is 12.2. The zero-order valence-corrected chi connectivity index (χ0v) is 10.1. The summed E-state index contributed by atoms with van der Waals surface area (Å²) in [6.07, 6.45) is 1.12. The predicted octanol–water partition coefficient (Wildman–Crippen LogP) is 1.04. The lowest BCUT2D eigenvalue weighted by Crippen LogP contribution is -2.44. The molecule has 0 radical (unpaired) electrons. The smallest absolute Gasteiger partial charge is 0.414 e. The van der Waals surface area contributed by atoms with Gasteiger partial charge in [-0.25, -0.2) is 4.79 Å². The van der Waals surface area contributed by atoms with Crippen molar-refractivity contribution in [2.24, 2.45) is 5.92 Å². The highest BCUT2D eigenvalue weighted by Crippen LogP contribution is 2.11. The summed E-state index contributed by atoms with van der Waals surface area (Å²) in [5.74, 6) is -0.372. The largest absolute Gasteiger partial charge is 0.444 e. The molecule has 1 fully saturated rings. The van der Waals surface area contributed by atoms with Crippen molar-refractivity contribution in [3.05, 3.63) is 0 Å². The molecule has 1 atom stereocenters. The number of ether oxygens (including phenoxy) is 1. The standard InChI is InChI=1S/C11H20N2O3/c1-11(2,3)16-10(15)13-9(14)8-5-4-6-12-7-8/h8,12H,4-7H2,1-3H3,(H,13,14,15). The van der Waals surface area contributed by atoms with Crippen molar-refractivity contribution in [1.82, 2.24) is 10.6 Å². The first-order valence-corrected chi connectivity index (χ1v) is 5.63. The number of imide groups is 1. The Morgan fingerprint density at radius 1 is 1.38 bits per heavy atom. The molecular weight excluding hydrogens is 208 g/mol. The van der Waals surface area contributed by atoms with Gasteiger partial charge in [0.05, 0.1) is 5.92 Å². The topological polar surface area (TPSA) is 67.4 Å². The number of carbonyl (C=O) groups is 2. The Bertz CT molecular complexity index is 265. The number of rotatable bonds is 1. The Kier molecular flexibility index (Phi) is 4.29. The second-order valence-corrected chi connectivity index (χ2v) is 5.03. The van der Waals surface area contributed by atoms with Crippen molar-refractivity contribution in [1.29, 1.82) is 0 Å². The first kappa shape index (κ1) is 13.0. The van der Waals surface area contributed by atoms with Crippen LogP contribution in [0.2, 0.25) is 0 Å². The van der Waals surface area contributed by atoms with E-state index in [4.69, 9.17) is 4.74 Å². The molecule has 2 N–H and O–H groups in total. The van der Waals surface area contributed by atoms with Gasteiger partial charge in [-0.05, 0) is 40.2 Å². The molecule has 0 aliphatic carbocycles. The van der Waals surface area contributed by atoms with E-state index in [0.717, 1.165) is 19.4 Å². The van der Waals surface area contributed by atoms with Crippen LogP contribution in [0.15, 0.2) is 0 Å². The fourth-order valence-electron chi connectivity index (χ4n) is 1.58. The first-order valence-electron chi connectivity index (χ1n) is 5.63. The van der Waals surface area contributed by atoms with Crippen molar-refractivity contribution in [3.8, 4) is 0 Å². The summed E-state index contributed by atoms with van der Waals surface area (Å²) in [5, 5.41) is 5.39. The number of amides is 2. The van der Waals surface area contributed by atoms with Gasteiger partial charge in [-0.2, -0.15) is 0 Å². The molecule has 0 aromatic heterocycles. The molecule has 92 valence electrons. The van der Waals surface area contributed by atoms with Crippen LogP contribution in [0.1, 0.15) is 33.6 Å². The van der Waals surface area contributed by atoms with Gasteiger partial charge in [-0.1, -0.05) is 0 Å². The summed E-state index contributed by atoms with van der Waals surface area (Å²) in [5.41, 5.74) is -0.574. The van der Waals surface area contributed by atoms with Gasteiger partial charge in [0.2, 0.25) is 5.91 Å². The zero-order valence-electron chi connectivity index (χ0n) is 10.1.